The SMILES string of the molecule is S=C1CC2SCCC2C(=S)N1. The van der Waals surface area contributed by atoms with Gasteiger partial charge in [0.25, 0.3) is 0 Å². The Bertz CT molecular complexity index is 214. The lowest BCUT2D eigenvalue weighted by Gasteiger charge is -2.26. The van der Waals surface area contributed by atoms with Gasteiger partial charge in [0, 0.05) is 17.6 Å². The summed E-state index contributed by atoms with van der Waals surface area (Å²) in [4.78, 5) is 1.92. The van der Waals surface area contributed by atoms with Gasteiger partial charge in [-0.3, -0.25) is 0 Å². The Morgan fingerprint density at radius 3 is 3.09 bits per heavy atom. The molecule has 2 rings (SSSR count). The van der Waals surface area contributed by atoms with Crippen LogP contribution in [-0.4, -0.2) is 21.0 Å². The molecule has 0 aromatic carbocycles. The van der Waals surface area contributed by atoms with Crippen molar-refractivity contribution in [2.75, 3.05) is 5.75 Å². The molecule has 4 heteroatoms. The van der Waals surface area contributed by atoms with Crippen LogP contribution in [0.25, 0.3) is 0 Å². The van der Waals surface area contributed by atoms with Gasteiger partial charge in [0.05, 0.1) is 9.98 Å². The van der Waals surface area contributed by atoms with E-state index in [2.05, 4.69) is 5.32 Å². The van der Waals surface area contributed by atoms with Crippen LogP contribution in [0.1, 0.15) is 12.8 Å². The van der Waals surface area contributed by atoms with E-state index in [1.807, 2.05) is 11.8 Å². The molecule has 2 aliphatic rings. The smallest absolute Gasteiger partial charge is 0.0844 e. The molecule has 11 heavy (non-hydrogen) atoms. The molecule has 0 radical (unpaired) electrons. The van der Waals surface area contributed by atoms with Gasteiger partial charge in [-0.25, -0.2) is 0 Å². The molecule has 2 fully saturated rings. The first-order chi connectivity index (χ1) is 5.27. The van der Waals surface area contributed by atoms with E-state index in [9.17, 15) is 0 Å². The Labute approximate surface area is 81.3 Å². The van der Waals surface area contributed by atoms with E-state index in [1.54, 1.807) is 0 Å². The van der Waals surface area contributed by atoms with E-state index in [1.165, 1.54) is 12.2 Å². The number of piperidine rings is 1. The maximum absolute atomic E-state index is 5.21. The molecule has 0 amide bonds. The Kier molecular flexibility index (Phi) is 2.16. The monoisotopic (exact) mass is 203 g/mol. The summed E-state index contributed by atoms with van der Waals surface area (Å²) in [6.45, 7) is 0. The molecule has 2 aliphatic heterocycles. The number of fused-ring (bicyclic) bond motifs is 1. The van der Waals surface area contributed by atoms with Gasteiger partial charge in [0.2, 0.25) is 0 Å². The van der Waals surface area contributed by atoms with E-state index in [0.717, 1.165) is 16.4 Å². The molecular formula is C7H9NS3. The minimum absolute atomic E-state index is 0.613. The number of rotatable bonds is 0. The molecule has 1 N–H and O–H groups in total. The highest BCUT2D eigenvalue weighted by atomic mass is 32.2. The van der Waals surface area contributed by atoms with Crippen LogP contribution in [0, 0.1) is 5.92 Å². The van der Waals surface area contributed by atoms with Crippen molar-refractivity contribution in [3.63, 3.8) is 0 Å². The fraction of sp³-hybridized carbons (Fsp3) is 0.714. The molecule has 60 valence electrons. The van der Waals surface area contributed by atoms with Crippen LogP contribution in [0.15, 0.2) is 0 Å². The zero-order valence-electron chi connectivity index (χ0n) is 6.00. The Balaban J connectivity index is 2.16. The molecule has 2 heterocycles. The molecular weight excluding hydrogens is 194 g/mol. The number of thiocarbonyl (C=S) groups is 2. The highest BCUT2D eigenvalue weighted by Gasteiger charge is 2.35. The molecule has 2 saturated heterocycles. The second kappa shape index (κ2) is 2.99. The van der Waals surface area contributed by atoms with Crippen LogP contribution in [0.5, 0.6) is 0 Å². The molecule has 2 atom stereocenters. The van der Waals surface area contributed by atoms with Crippen LogP contribution < -0.4 is 5.32 Å². The average Bonchev–Trinajstić information content (AvgIpc) is 2.34. The second-order valence-electron chi connectivity index (χ2n) is 2.92. The van der Waals surface area contributed by atoms with Gasteiger partial charge in [-0.2, -0.15) is 11.8 Å². The summed E-state index contributed by atoms with van der Waals surface area (Å²) in [5.41, 5.74) is 0. The highest BCUT2D eigenvalue weighted by molar-refractivity contribution is 8.00. The third kappa shape index (κ3) is 1.44. The molecule has 0 aliphatic carbocycles. The van der Waals surface area contributed by atoms with Crippen molar-refractivity contribution < 1.29 is 0 Å². The summed E-state index contributed by atoms with van der Waals surface area (Å²) >= 11 is 12.3. The molecule has 0 aromatic rings. The highest BCUT2D eigenvalue weighted by Crippen LogP contribution is 2.37. The largest absolute Gasteiger partial charge is 0.344 e. The first-order valence-electron chi connectivity index (χ1n) is 3.72. The maximum atomic E-state index is 5.21. The molecule has 1 nitrogen and oxygen atoms in total. The first-order valence-corrected chi connectivity index (χ1v) is 5.59. The van der Waals surface area contributed by atoms with Gasteiger partial charge < -0.3 is 5.32 Å². The lowest BCUT2D eigenvalue weighted by atomic mass is 9.97. The number of nitrogens with one attached hydrogen (secondary N) is 1. The van der Waals surface area contributed by atoms with E-state index in [0.29, 0.717) is 11.2 Å². The quantitative estimate of drug-likeness (QED) is 0.602. The van der Waals surface area contributed by atoms with Crippen LogP contribution in [-0.2, 0) is 0 Å². The van der Waals surface area contributed by atoms with Gasteiger partial charge in [0.1, 0.15) is 0 Å². The van der Waals surface area contributed by atoms with Crippen molar-refractivity contribution in [1.82, 2.24) is 5.32 Å². The average molecular weight is 203 g/mol. The number of hydrogen-bond donors (Lipinski definition) is 1. The third-order valence-corrected chi connectivity index (χ3v) is 4.26. The summed E-state index contributed by atoms with van der Waals surface area (Å²) in [5.74, 6) is 1.86. The topological polar surface area (TPSA) is 12.0 Å². The Morgan fingerprint density at radius 2 is 2.27 bits per heavy atom. The third-order valence-electron chi connectivity index (χ3n) is 2.20. The van der Waals surface area contributed by atoms with Gasteiger partial charge in [-0.05, 0) is 12.2 Å². The summed E-state index contributed by atoms with van der Waals surface area (Å²) in [6, 6.07) is 0. The van der Waals surface area contributed by atoms with E-state index in [4.69, 9.17) is 24.4 Å². The normalized spacial score (nSPS) is 36.7. The molecule has 0 aromatic heterocycles. The van der Waals surface area contributed by atoms with E-state index < -0.39 is 0 Å². The van der Waals surface area contributed by atoms with E-state index >= 15 is 0 Å². The summed E-state index contributed by atoms with van der Waals surface area (Å²) in [6.07, 6.45) is 2.27. The van der Waals surface area contributed by atoms with Gasteiger partial charge in [-0.1, -0.05) is 24.4 Å². The fourth-order valence-corrected chi connectivity index (χ4v) is 4.05. The number of hydrogen-bond acceptors (Lipinski definition) is 3. The van der Waals surface area contributed by atoms with Crippen LogP contribution in [0.4, 0.5) is 0 Å². The van der Waals surface area contributed by atoms with E-state index in [-0.39, 0.29) is 0 Å². The summed E-state index contributed by atoms with van der Waals surface area (Å²) in [7, 11) is 0. The Hall–Kier alpha value is 0.330. The zero-order valence-corrected chi connectivity index (χ0v) is 8.45. The zero-order chi connectivity index (χ0) is 7.84. The van der Waals surface area contributed by atoms with Gasteiger partial charge in [-0.15, -0.1) is 0 Å². The van der Waals surface area contributed by atoms with Crippen LogP contribution >= 0.6 is 36.2 Å². The minimum atomic E-state index is 0.613. The van der Waals surface area contributed by atoms with Crippen molar-refractivity contribution in [1.29, 1.82) is 0 Å². The Morgan fingerprint density at radius 1 is 1.45 bits per heavy atom. The van der Waals surface area contributed by atoms with Crippen LogP contribution in [0.3, 0.4) is 0 Å². The van der Waals surface area contributed by atoms with Gasteiger partial charge >= 0.3 is 0 Å². The predicted octanol–water partition coefficient (Wildman–Crippen LogP) is 1.76. The fourth-order valence-electron chi connectivity index (χ4n) is 1.61. The summed E-state index contributed by atoms with van der Waals surface area (Å²) < 4.78 is 0. The summed E-state index contributed by atoms with van der Waals surface area (Å²) in [5, 5.41) is 3.79. The predicted molar refractivity (Wildman–Crippen MR) is 57.3 cm³/mol. The minimum Gasteiger partial charge on any atom is -0.344 e. The standard InChI is InChI=1S/C7H9NS3/c9-6-3-5-4(1-2-11-5)7(10)8-6/h4-5H,1-3H2,(H,8,9,10). The number of thioether (sulfide) groups is 1. The van der Waals surface area contributed by atoms with Crippen molar-refractivity contribution >= 4 is 46.2 Å². The van der Waals surface area contributed by atoms with Crippen molar-refractivity contribution in [3.05, 3.63) is 0 Å². The van der Waals surface area contributed by atoms with Crippen LogP contribution in [0.2, 0.25) is 0 Å². The lowest BCUT2D eigenvalue weighted by Crippen LogP contribution is -2.43. The molecule has 2 unspecified atom stereocenters. The first kappa shape index (κ1) is 7.95. The molecule has 0 bridgehead atoms. The van der Waals surface area contributed by atoms with Crippen molar-refractivity contribution in [3.8, 4) is 0 Å². The molecule has 0 spiro atoms. The second-order valence-corrected chi connectivity index (χ2v) is 5.20. The van der Waals surface area contributed by atoms with Gasteiger partial charge in [0.15, 0.2) is 0 Å². The lowest BCUT2D eigenvalue weighted by molar-refractivity contribution is 0.654. The molecule has 0 saturated carbocycles. The van der Waals surface area contributed by atoms with Crippen molar-refractivity contribution in [2.45, 2.75) is 18.1 Å². The maximum Gasteiger partial charge on any atom is 0.0844 e. The van der Waals surface area contributed by atoms with Crippen molar-refractivity contribution in [2.24, 2.45) is 5.92 Å².